The summed E-state index contributed by atoms with van der Waals surface area (Å²) in [7, 11) is 0. The number of aromatic nitrogens is 1. The van der Waals surface area contributed by atoms with Crippen LogP contribution in [0.25, 0.3) is 0 Å². The number of aliphatic imine (C=N–C) groups is 1. The molecule has 2 heterocycles. The van der Waals surface area contributed by atoms with Gasteiger partial charge in [-0.25, -0.2) is 0 Å². The Kier molecular flexibility index (Phi) is 5.15. The van der Waals surface area contributed by atoms with Gasteiger partial charge in [-0.05, 0) is 26.3 Å². The van der Waals surface area contributed by atoms with Crippen molar-refractivity contribution >= 4 is 34.2 Å². The van der Waals surface area contributed by atoms with E-state index in [1.807, 2.05) is 51.1 Å². The topological polar surface area (TPSA) is 54.7 Å². The molecule has 5 nitrogen and oxygen atoms in total. The Labute approximate surface area is 155 Å². The van der Waals surface area contributed by atoms with E-state index in [1.54, 1.807) is 22.0 Å². The number of carbonyl (C=O) groups excluding carboxylic acids is 1. The maximum Gasteiger partial charge on any atom is 0.307 e. The third-order valence-electron chi connectivity index (χ3n) is 4.11. The monoisotopic (exact) mass is 375 g/mol. The van der Waals surface area contributed by atoms with Crippen molar-refractivity contribution in [1.29, 1.82) is 0 Å². The molecule has 0 bridgehead atoms. The van der Waals surface area contributed by atoms with E-state index in [-0.39, 0.29) is 22.9 Å². The molecule has 0 atom stereocenters. The van der Waals surface area contributed by atoms with Crippen molar-refractivity contribution in [2.45, 2.75) is 39.4 Å². The van der Waals surface area contributed by atoms with Crippen molar-refractivity contribution in [2.24, 2.45) is 4.99 Å². The van der Waals surface area contributed by atoms with Gasteiger partial charge in [0.2, 0.25) is 5.91 Å². The molecule has 0 radical (unpaired) electrons. The van der Waals surface area contributed by atoms with Gasteiger partial charge in [0, 0.05) is 16.8 Å². The van der Waals surface area contributed by atoms with Crippen LogP contribution in [0.2, 0.25) is 0 Å². The first-order chi connectivity index (χ1) is 11.9. The summed E-state index contributed by atoms with van der Waals surface area (Å²) in [5, 5.41) is 2.52. The molecule has 2 aromatic rings. The van der Waals surface area contributed by atoms with Crippen molar-refractivity contribution in [3.8, 4) is 0 Å². The number of thioether (sulfide) groups is 1. The van der Waals surface area contributed by atoms with E-state index < -0.39 is 0 Å². The summed E-state index contributed by atoms with van der Waals surface area (Å²) in [6, 6.07) is 9.98. The van der Waals surface area contributed by atoms with E-state index in [4.69, 9.17) is 0 Å². The molecular formula is C18H21N3O2S2. The molecule has 1 amide bonds. The highest BCUT2D eigenvalue weighted by molar-refractivity contribution is 8.14. The van der Waals surface area contributed by atoms with Crippen LogP contribution in [0.5, 0.6) is 0 Å². The summed E-state index contributed by atoms with van der Waals surface area (Å²) in [5.41, 5.74) is 1.61. The van der Waals surface area contributed by atoms with Crippen molar-refractivity contribution < 1.29 is 4.79 Å². The SMILES string of the molecule is Cc1csc(=O)n1CC(=O)N1C(=NCc2ccccc2)SCC1(C)C. The first-order valence-corrected chi connectivity index (χ1v) is 9.94. The van der Waals surface area contributed by atoms with Crippen LogP contribution in [-0.2, 0) is 17.9 Å². The Bertz CT molecular complexity index is 853. The molecule has 1 saturated heterocycles. The largest absolute Gasteiger partial charge is 0.307 e. The van der Waals surface area contributed by atoms with E-state index in [9.17, 15) is 9.59 Å². The number of rotatable bonds is 4. The Morgan fingerprint density at radius 1 is 1.28 bits per heavy atom. The number of benzene rings is 1. The minimum Gasteiger partial charge on any atom is -0.294 e. The fourth-order valence-electron chi connectivity index (χ4n) is 2.73. The van der Waals surface area contributed by atoms with Gasteiger partial charge in [-0.1, -0.05) is 53.4 Å². The third kappa shape index (κ3) is 3.88. The summed E-state index contributed by atoms with van der Waals surface area (Å²) in [6.45, 7) is 6.51. The molecule has 0 N–H and O–H groups in total. The van der Waals surface area contributed by atoms with Crippen LogP contribution >= 0.6 is 23.1 Å². The first kappa shape index (κ1) is 17.9. The number of nitrogens with zero attached hydrogens (tertiary/aromatic N) is 3. The lowest BCUT2D eigenvalue weighted by Crippen LogP contribution is -2.48. The van der Waals surface area contributed by atoms with Gasteiger partial charge in [0.1, 0.15) is 6.54 Å². The number of aryl methyl sites for hydroxylation is 1. The van der Waals surface area contributed by atoms with Crippen molar-refractivity contribution in [2.75, 3.05) is 5.75 Å². The Balaban J connectivity index is 1.82. The number of amides is 1. The summed E-state index contributed by atoms with van der Waals surface area (Å²) in [6.07, 6.45) is 0. The zero-order valence-corrected chi connectivity index (χ0v) is 16.2. The zero-order valence-electron chi connectivity index (χ0n) is 14.6. The molecule has 0 unspecified atom stereocenters. The van der Waals surface area contributed by atoms with Crippen LogP contribution in [0, 0.1) is 6.92 Å². The predicted molar refractivity (Wildman–Crippen MR) is 104 cm³/mol. The molecular weight excluding hydrogens is 354 g/mol. The Morgan fingerprint density at radius 2 is 2.00 bits per heavy atom. The van der Waals surface area contributed by atoms with Gasteiger partial charge in [0.15, 0.2) is 5.17 Å². The molecule has 0 aliphatic carbocycles. The zero-order chi connectivity index (χ0) is 18.0. The van der Waals surface area contributed by atoms with E-state index >= 15 is 0 Å². The summed E-state index contributed by atoms with van der Waals surface area (Å²) >= 11 is 2.72. The number of amidine groups is 1. The van der Waals surface area contributed by atoms with E-state index in [0.29, 0.717) is 6.54 Å². The fourth-order valence-corrected chi connectivity index (χ4v) is 4.71. The minimum absolute atomic E-state index is 0.0580. The fraction of sp³-hybridized carbons (Fsp3) is 0.389. The second-order valence-corrected chi connectivity index (χ2v) is 8.41. The van der Waals surface area contributed by atoms with Gasteiger partial charge in [-0.3, -0.25) is 24.0 Å². The summed E-state index contributed by atoms with van der Waals surface area (Å²) in [5.74, 6) is 0.703. The predicted octanol–water partition coefficient (Wildman–Crippen LogP) is 3.13. The smallest absolute Gasteiger partial charge is 0.294 e. The summed E-state index contributed by atoms with van der Waals surface area (Å²) in [4.78, 5) is 31.2. The molecule has 1 aliphatic rings. The highest BCUT2D eigenvalue weighted by atomic mass is 32.2. The molecule has 25 heavy (non-hydrogen) atoms. The van der Waals surface area contributed by atoms with Crippen LogP contribution in [0.15, 0.2) is 45.5 Å². The third-order valence-corrected chi connectivity index (χ3v) is 6.41. The molecule has 7 heteroatoms. The second kappa shape index (κ2) is 7.17. The van der Waals surface area contributed by atoms with Crippen LogP contribution in [0.3, 0.4) is 0 Å². The lowest BCUT2D eigenvalue weighted by molar-refractivity contribution is -0.130. The standard InChI is InChI=1S/C18H21N3O2S2/c1-13-11-24-17(23)20(13)10-15(22)21-16(25-12-18(21,2)3)19-9-14-7-5-4-6-8-14/h4-8,11H,9-10,12H2,1-3H3. The molecule has 1 aromatic carbocycles. The van der Waals surface area contributed by atoms with Gasteiger partial charge in [-0.15, -0.1) is 0 Å². The maximum atomic E-state index is 12.9. The average Bonchev–Trinajstić information content (AvgIpc) is 3.06. The van der Waals surface area contributed by atoms with Gasteiger partial charge >= 0.3 is 4.87 Å². The molecule has 3 rings (SSSR count). The van der Waals surface area contributed by atoms with Crippen LogP contribution < -0.4 is 4.87 Å². The number of hydrogen-bond donors (Lipinski definition) is 0. The number of carbonyl (C=O) groups is 1. The quantitative estimate of drug-likeness (QED) is 0.825. The van der Waals surface area contributed by atoms with Crippen molar-refractivity contribution in [1.82, 2.24) is 9.47 Å². The van der Waals surface area contributed by atoms with Gasteiger partial charge < -0.3 is 0 Å². The minimum atomic E-state index is -0.315. The van der Waals surface area contributed by atoms with E-state index in [2.05, 4.69) is 4.99 Å². The highest BCUT2D eigenvalue weighted by Gasteiger charge is 2.41. The van der Waals surface area contributed by atoms with Crippen LogP contribution in [0.1, 0.15) is 25.1 Å². The summed E-state index contributed by atoms with van der Waals surface area (Å²) < 4.78 is 1.53. The lowest BCUT2D eigenvalue weighted by atomic mass is 10.1. The van der Waals surface area contributed by atoms with Gasteiger partial charge in [-0.2, -0.15) is 0 Å². The first-order valence-electron chi connectivity index (χ1n) is 8.07. The highest BCUT2D eigenvalue weighted by Crippen LogP contribution is 2.33. The van der Waals surface area contributed by atoms with Crippen LogP contribution in [0.4, 0.5) is 0 Å². The second-order valence-electron chi connectivity index (χ2n) is 6.64. The normalized spacial score (nSPS) is 18.0. The van der Waals surface area contributed by atoms with Crippen molar-refractivity contribution in [3.05, 3.63) is 56.6 Å². The van der Waals surface area contributed by atoms with Crippen molar-refractivity contribution in [3.63, 3.8) is 0 Å². The molecule has 1 aliphatic heterocycles. The number of thiazole rings is 1. The van der Waals surface area contributed by atoms with E-state index in [0.717, 1.165) is 33.5 Å². The molecule has 132 valence electrons. The molecule has 0 saturated carbocycles. The van der Waals surface area contributed by atoms with Crippen LogP contribution in [-0.4, -0.2) is 31.8 Å². The molecule has 1 fully saturated rings. The molecule has 1 aromatic heterocycles. The number of hydrogen-bond acceptors (Lipinski definition) is 5. The van der Waals surface area contributed by atoms with Gasteiger partial charge in [0.05, 0.1) is 12.1 Å². The maximum absolute atomic E-state index is 12.9. The van der Waals surface area contributed by atoms with E-state index in [1.165, 1.54) is 4.57 Å². The average molecular weight is 376 g/mol. The Hall–Kier alpha value is -1.86. The lowest BCUT2D eigenvalue weighted by Gasteiger charge is -2.30. The van der Waals surface area contributed by atoms with Gasteiger partial charge in [0.25, 0.3) is 0 Å². The Morgan fingerprint density at radius 3 is 2.64 bits per heavy atom. The molecule has 0 spiro atoms.